The van der Waals surface area contributed by atoms with Crippen molar-refractivity contribution in [1.82, 2.24) is 20.2 Å². The Morgan fingerprint density at radius 3 is 2.62 bits per heavy atom. The third-order valence-electron chi connectivity index (χ3n) is 3.36. The number of tetrazole rings is 1. The first kappa shape index (κ1) is 13.8. The lowest BCUT2D eigenvalue weighted by atomic mass is 10.1. The van der Waals surface area contributed by atoms with E-state index >= 15 is 0 Å². The zero-order chi connectivity index (χ0) is 15.0. The highest BCUT2D eigenvalue weighted by Gasteiger charge is 2.14. The van der Waals surface area contributed by atoms with E-state index in [1.165, 1.54) is 0 Å². The highest BCUT2D eigenvalue weighted by atomic mass is 79.9. The van der Waals surface area contributed by atoms with Gasteiger partial charge in [-0.05, 0) is 65.7 Å². The average molecular weight is 344 g/mol. The van der Waals surface area contributed by atoms with E-state index in [9.17, 15) is 0 Å². The van der Waals surface area contributed by atoms with Crippen molar-refractivity contribution >= 4 is 21.6 Å². The molecule has 0 amide bonds. The van der Waals surface area contributed by atoms with Gasteiger partial charge in [0.1, 0.15) is 0 Å². The second-order valence-corrected chi connectivity index (χ2v) is 5.84. The Labute approximate surface area is 130 Å². The minimum atomic E-state index is 0.703. The lowest BCUT2D eigenvalue weighted by molar-refractivity contribution is 0.787. The van der Waals surface area contributed by atoms with E-state index in [1.807, 2.05) is 50.2 Å². The fraction of sp³-hybridized carbons (Fsp3) is 0.133. The summed E-state index contributed by atoms with van der Waals surface area (Å²) in [7, 11) is 0. The molecule has 2 N–H and O–H groups in total. The molecule has 1 aromatic heterocycles. The van der Waals surface area contributed by atoms with Crippen LogP contribution >= 0.6 is 15.9 Å². The van der Waals surface area contributed by atoms with Crippen LogP contribution in [0.4, 0.5) is 5.69 Å². The van der Waals surface area contributed by atoms with Gasteiger partial charge in [0.25, 0.3) is 0 Å². The zero-order valence-electron chi connectivity index (χ0n) is 11.7. The van der Waals surface area contributed by atoms with Crippen LogP contribution in [0.1, 0.15) is 11.1 Å². The first-order chi connectivity index (χ1) is 10.1. The number of anilines is 1. The SMILES string of the molecule is Cc1cc(N)ccc1-c1nnnn1-c1cc(Br)ccc1C. The Morgan fingerprint density at radius 1 is 1.05 bits per heavy atom. The number of hydrogen-bond acceptors (Lipinski definition) is 4. The van der Waals surface area contributed by atoms with Crippen molar-refractivity contribution in [2.45, 2.75) is 13.8 Å². The fourth-order valence-corrected chi connectivity index (χ4v) is 2.61. The van der Waals surface area contributed by atoms with Crippen LogP contribution in [0.25, 0.3) is 17.1 Å². The van der Waals surface area contributed by atoms with Crippen LogP contribution in [-0.4, -0.2) is 20.2 Å². The summed E-state index contributed by atoms with van der Waals surface area (Å²) >= 11 is 3.49. The molecule has 6 heteroatoms. The molecule has 0 aliphatic heterocycles. The number of nitrogens with zero attached hydrogens (tertiary/aromatic N) is 4. The van der Waals surface area contributed by atoms with Crippen molar-refractivity contribution in [3.05, 3.63) is 52.0 Å². The second kappa shape index (κ2) is 5.29. The number of nitrogen functional groups attached to an aromatic ring is 1. The lowest BCUT2D eigenvalue weighted by Gasteiger charge is -2.10. The molecular weight excluding hydrogens is 330 g/mol. The maximum Gasteiger partial charge on any atom is 0.187 e. The van der Waals surface area contributed by atoms with Crippen molar-refractivity contribution in [2.24, 2.45) is 0 Å². The quantitative estimate of drug-likeness (QED) is 0.725. The van der Waals surface area contributed by atoms with E-state index < -0.39 is 0 Å². The van der Waals surface area contributed by atoms with Gasteiger partial charge in [-0.1, -0.05) is 22.0 Å². The van der Waals surface area contributed by atoms with Gasteiger partial charge in [0.15, 0.2) is 5.82 Å². The third kappa shape index (κ3) is 2.54. The Bertz CT molecular complexity index is 810. The highest BCUT2D eigenvalue weighted by Crippen LogP contribution is 2.27. The van der Waals surface area contributed by atoms with Crippen LogP contribution < -0.4 is 5.73 Å². The molecule has 5 nitrogen and oxygen atoms in total. The monoisotopic (exact) mass is 343 g/mol. The summed E-state index contributed by atoms with van der Waals surface area (Å²) < 4.78 is 2.73. The van der Waals surface area contributed by atoms with Crippen LogP contribution in [0.5, 0.6) is 0 Å². The summed E-state index contributed by atoms with van der Waals surface area (Å²) in [5.41, 5.74) is 10.6. The minimum Gasteiger partial charge on any atom is -0.399 e. The molecule has 0 aliphatic carbocycles. The topological polar surface area (TPSA) is 69.6 Å². The van der Waals surface area contributed by atoms with E-state index in [4.69, 9.17) is 5.73 Å². The molecular formula is C15H14BrN5. The molecule has 0 radical (unpaired) electrons. The summed E-state index contributed by atoms with van der Waals surface area (Å²) in [5, 5.41) is 12.1. The molecule has 1 heterocycles. The molecule has 0 fully saturated rings. The largest absolute Gasteiger partial charge is 0.399 e. The normalized spacial score (nSPS) is 10.8. The Hall–Kier alpha value is -2.21. The van der Waals surface area contributed by atoms with Gasteiger partial charge in [-0.25, -0.2) is 0 Å². The maximum atomic E-state index is 5.81. The standard InChI is InChI=1S/C15H14BrN5/c1-9-3-4-11(16)8-14(9)21-15(18-19-20-21)13-6-5-12(17)7-10(13)2/h3-8H,17H2,1-2H3. The van der Waals surface area contributed by atoms with Gasteiger partial charge in [0, 0.05) is 15.7 Å². The number of nitrogens with two attached hydrogens (primary N) is 1. The molecule has 21 heavy (non-hydrogen) atoms. The minimum absolute atomic E-state index is 0.703. The number of halogens is 1. The smallest absolute Gasteiger partial charge is 0.187 e. The van der Waals surface area contributed by atoms with Gasteiger partial charge in [-0.2, -0.15) is 4.68 Å². The van der Waals surface area contributed by atoms with Crippen molar-refractivity contribution in [3.63, 3.8) is 0 Å². The summed E-state index contributed by atoms with van der Waals surface area (Å²) in [6, 6.07) is 11.7. The first-order valence-electron chi connectivity index (χ1n) is 6.47. The van der Waals surface area contributed by atoms with Gasteiger partial charge >= 0.3 is 0 Å². The van der Waals surface area contributed by atoms with E-state index in [0.717, 1.165) is 32.5 Å². The molecule has 3 aromatic rings. The molecule has 0 saturated carbocycles. The highest BCUT2D eigenvalue weighted by molar-refractivity contribution is 9.10. The molecule has 3 rings (SSSR count). The van der Waals surface area contributed by atoms with Crippen molar-refractivity contribution in [3.8, 4) is 17.1 Å². The van der Waals surface area contributed by atoms with E-state index in [1.54, 1.807) is 4.68 Å². The Balaban J connectivity index is 2.19. The number of aryl methyl sites for hydroxylation is 2. The molecule has 0 spiro atoms. The summed E-state index contributed by atoms with van der Waals surface area (Å²) in [5.74, 6) is 0.703. The molecule has 2 aromatic carbocycles. The summed E-state index contributed by atoms with van der Waals surface area (Å²) in [6.07, 6.45) is 0. The molecule has 0 aliphatic rings. The van der Waals surface area contributed by atoms with Gasteiger partial charge < -0.3 is 5.73 Å². The zero-order valence-corrected chi connectivity index (χ0v) is 13.3. The third-order valence-corrected chi connectivity index (χ3v) is 3.85. The van der Waals surface area contributed by atoms with Gasteiger partial charge in [0.05, 0.1) is 5.69 Å². The predicted octanol–water partition coefficient (Wildman–Crippen LogP) is 3.29. The van der Waals surface area contributed by atoms with Crippen molar-refractivity contribution < 1.29 is 0 Å². The van der Waals surface area contributed by atoms with Crippen LogP contribution in [0, 0.1) is 13.8 Å². The van der Waals surface area contributed by atoms with Crippen LogP contribution in [0.15, 0.2) is 40.9 Å². The van der Waals surface area contributed by atoms with Crippen molar-refractivity contribution in [2.75, 3.05) is 5.73 Å². The number of aromatic nitrogens is 4. The van der Waals surface area contributed by atoms with E-state index in [0.29, 0.717) is 5.82 Å². The molecule has 106 valence electrons. The van der Waals surface area contributed by atoms with Crippen molar-refractivity contribution in [1.29, 1.82) is 0 Å². The number of benzene rings is 2. The molecule has 0 saturated heterocycles. The summed E-state index contributed by atoms with van der Waals surface area (Å²) in [6.45, 7) is 4.03. The van der Waals surface area contributed by atoms with E-state index in [-0.39, 0.29) is 0 Å². The lowest BCUT2D eigenvalue weighted by Crippen LogP contribution is -2.03. The van der Waals surface area contributed by atoms with Crippen LogP contribution in [-0.2, 0) is 0 Å². The first-order valence-corrected chi connectivity index (χ1v) is 7.27. The number of rotatable bonds is 2. The second-order valence-electron chi connectivity index (χ2n) is 4.92. The van der Waals surface area contributed by atoms with Gasteiger partial charge in [-0.3, -0.25) is 0 Å². The molecule has 0 unspecified atom stereocenters. The summed E-state index contributed by atoms with van der Waals surface area (Å²) in [4.78, 5) is 0. The Kier molecular flexibility index (Phi) is 3.47. The van der Waals surface area contributed by atoms with E-state index in [2.05, 4.69) is 31.5 Å². The van der Waals surface area contributed by atoms with Crippen LogP contribution in [0.3, 0.4) is 0 Å². The molecule has 0 bridgehead atoms. The Morgan fingerprint density at radius 2 is 1.86 bits per heavy atom. The molecule has 0 atom stereocenters. The van der Waals surface area contributed by atoms with Gasteiger partial charge in [0.2, 0.25) is 0 Å². The average Bonchev–Trinajstić information content (AvgIpc) is 2.90. The number of hydrogen-bond donors (Lipinski definition) is 1. The fourth-order valence-electron chi connectivity index (χ4n) is 2.27. The predicted molar refractivity (Wildman–Crippen MR) is 86.2 cm³/mol. The van der Waals surface area contributed by atoms with Crippen LogP contribution in [0.2, 0.25) is 0 Å². The maximum absolute atomic E-state index is 5.81. The van der Waals surface area contributed by atoms with Gasteiger partial charge in [-0.15, -0.1) is 5.10 Å².